The van der Waals surface area contributed by atoms with Crippen LogP contribution in [-0.2, 0) is 4.79 Å². The average molecular weight is 384 g/mol. The topological polar surface area (TPSA) is 69.2 Å². The van der Waals surface area contributed by atoms with Crippen LogP contribution in [0.15, 0.2) is 41.5 Å². The summed E-state index contributed by atoms with van der Waals surface area (Å²) in [5.74, 6) is 1.98. The first-order valence-electron chi connectivity index (χ1n) is 9.38. The van der Waals surface area contributed by atoms with Gasteiger partial charge in [0.15, 0.2) is 11.5 Å². The molecule has 6 heteroatoms. The van der Waals surface area contributed by atoms with Gasteiger partial charge in [-0.2, -0.15) is 5.10 Å². The number of benzene rings is 2. The molecule has 0 aliphatic carbocycles. The molecule has 0 heterocycles. The third kappa shape index (κ3) is 7.31. The highest BCUT2D eigenvalue weighted by Gasteiger charge is 2.06. The van der Waals surface area contributed by atoms with Crippen LogP contribution in [0.4, 0.5) is 0 Å². The Labute approximate surface area is 166 Å². The van der Waals surface area contributed by atoms with E-state index in [1.807, 2.05) is 37.3 Å². The number of hydrazone groups is 1. The van der Waals surface area contributed by atoms with Crippen molar-refractivity contribution in [2.75, 3.05) is 19.8 Å². The van der Waals surface area contributed by atoms with Crippen LogP contribution in [-0.4, -0.2) is 31.9 Å². The molecule has 0 saturated carbocycles. The minimum atomic E-state index is -0.218. The Morgan fingerprint density at radius 3 is 2.39 bits per heavy atom. The van der Waals surface area contributed by atoms with Crippen molar-refractivity contribution in [3.63, 3.8) is 0 Å². The van der Waals surface area contributed by atoms with Crippen LogP contribution in [0, 0.1) is 13.8 Å². The van der Waals surface area contributed by atoms with Gasteiger partial charge in [-0.15, -0.1) is 0 Å². The summed E-state index contributed by atoms with van der Waals surface area (Å²) in [5.41, 5.74) is 5.56. The lowest BCUT2D eigenvalue weighted by Crippen LogP contribution is -2.12. The molecule has 0 atom stereocenters. The van der Waals surface area contributed by atoms with Gasteiger partial charge < -0.3 is 14.2 Å². The Balaban J connectivity index is 1.86. The predicted octanol–water partition coefficient (Wildman–Crippen LogP) is 4.02. The molecule has 2 aromatic rings. The van der Waals surface area contributed by atoms with E-state index in [-0.39, 0.29) is 5.91 Å². The number of hydrogen-bond acceptors (Lipinski definition) is 5. The van der Waals surface area contributed by atoms with Gasteiger partial charge in [-0.25, -0.2) is 5.43 Å². The predicted molar refractivity (Wildman–Crippen MR) is 111 cm³/mol. The fraction of sp³-hybridized carbons (Fsp3) is 0.364. The highest BCUT2D eigenvalue weighted by atomic mass is 16.5. The number of amides is 1. The van der Waals surface area contributed by atoms with E-state index in [9.17, 15) is 4.79 Å². The van der Waals surface area contributed by atoms with Gasteiger partial charge in [0.2, 0.25) is 5.91 Å². The van der Waals surface area contributed by atoms with Gasteiger partial charge in [0.25, 0.3) is 0 Å². The van der Waals surface area contributed by atoms with E-state index in [0.717, 1.165) is 17.7 Å². The number of nitrogens with zero attached hydrogens (tertiary/aromatic N) is 1. The molecule has 2 rings (SSSR count). The van der Waals surface area contributed by atoms with Crippen LogP contribution in [0.5, 0.6) is 17.2 Å². The first-order chi connectivity index (χ1) is 13.5. The van der Waals surface area contributed by atoms with Gasteiger partial charge in [0.05, 0.1) is 26.0 Å². The van der Waals surface area contributed by atoms with Crippen LogP contribution >= 0.6 is 0 Å². The summed E-state index contributed by atoms with van der Waals surface area (Å²) in [6.07, 6.45) is 2.32. The first kappa shape index (κ1) is 21.3. The van der Waals surface area contributed by atoms with Gasteiger partial charge in [0, 0.05) is 13.3 Å². The zero-order valence-corrected chi connectivity index (χ0v) is 17.0. The molecular weight excluding hydrogens is 356 g/mol. The van der Waals surface area contributed by atoms with E-state index >= 15 is 0 Å². The lowest BCUT2D eigenvalue weighted by molar-refractivity contribution is -0.118. The first-order valence-corrected chi connectivity index (χ1v) is 9.38. The van der Waals surface area contributed by atoms with Gasteiger partial charge >= 0.3 is 0 Å². The SMILES string of the molecule is CCOc1cc(/C=N\NC(C)=O)ccc1OCCCOc1cc(C)cc(C)c1. The Hall–Kier alpha value is -3.02. The second-order valence-electron chi connectivity index (χ2n) is 6.44. The summed E-state index contributed by atoms with van der Waals surface area (Å²) in [6, 6.07) is 11.7. The molecule has 0 aliphatic rings. The van der Waals surface area contributed by atoms with Crippen LogP contribution in [0.1, 0.15) is 37.0 Å². The second kappa shape index (κ2) is 11.0. The van der Waals surface area contributed by atoms with Crippen LogP contribution < -0.4 is 19.6 Å². The van der Waals surface area contributed by atoms with Crippen LogP contribution in [0.2, 0.25) is 0 Å². The molecule has 0 aromatic heterocycles. The fourth-order valence-corrected chi connectivity index (χ4v) is 2.64. The number of hydrogen-bond donors (Lipinski definition) is 1. The van der Waals surface area contributed by atoms with Crippen LogP contribution in [0.25, 0.3) is 0 Å². The molecule has 1 N–H and O–H groups in total. The Kier molecular flexibility index (Phi) is 8.34. The molecule has 6 nitrogen and oxygen atoms in total. The lowest BCUT2D eigenvalue weighted by Gasteiger charge is -2.13. The average Bonchev–Trinajstić information content (AvgIpc) is 2.62. The van der Waals surface area contributed by atoms with E-state index < -0.39 is 0 Å². The maximum absolute atomic E-state index is 10.9. The standard InChI is InChI=1S/C22H28N2O4/c1-5-26-22-14-19(15-23-24-18(4)25)7-8-21(22)28-10-6-9-27-20-12-16(2)11-17(3)13-20/h7-8,11-15H,5-6,9-10H2,1-4H3,(H,24,25)/b23-15-. The summed E-state index contributed by atoms with van der Waals surface area (Å²) in [6.45, 7) is 9.06. The zero-order chi connectivity index (χ0) is 20.4. The molecule has 0 fully saturated rings. The molecule has 0 radical (unpaired) electrons. The summed E-state index contributed by atoms with van der Waals surface area (Å²) >= 11 is 0. The van der Waals surface area contributed by atoms with Gasteiger partial charge in [-0.1, -0.05) is 6.07 Å². The van der Waals surface area contributed by atoms with Crippen molar-refractivity contribution < 1.29 is 19.0 Å². The van der Waals surface area contributed by atoms with E-state index in [0.29, 0.717) is 31.3 Å². The Morgan fingerprint density at radius 1 is 1.00 bits per heavy atom. The van der Waals surface area contributed by atoms with E-state index in [1.54, 1.807) is 6.21 Å². The van der Waals surface area contributed by atoms with E-state index in [4.69, 9.17) is 14.2 Å². The van der Waals surface area contributed by atoms with Crippen LogP contribution in [0.3, 0.4) is 0 Å². The van der Waals surface area contributed by atoms with Crippen molar-refractivity contribution in [1.82, 2.24) is 5.43 Å². The lowest BCUT2D eigenvalue weighted by atomic mass is 10.1. The molecule has 0 unspecified atom stereocenters. The minimum Gasteiger partial charge on any atom is -0.493 e. The normalized spacial score (nSPS) is 10.7. The number of ether oxygens (including phenoxy) is 3. The number of nitrogens with one attached hydrogen (secondary N) is 1. The molecule has 0 bridgehead atoms. The third-order valence-corrected chi connectivity index (χ3v) is 3.71. The van der Waals surface area contributed by atoms with Crippen molar-refractivity contribution in [1.29, 1.82) is 0 Å². The largest absolute Gasteiger partial charge is 0.493 e. The quantitative estimate of drug-likeness (QED) is 0.382. The zero-order valence-electron chi connectivity index (χ0n) is 17.0. The maximum Gasteiger partial charge on any atom is 0.236 e. The molecule has 0 aliphatic heterocycles. The highest BCUT2D eigenvalue weighted by molar-refractivity contribution is 5.82. The summed E-state index contributed by atoms with van der Waals surface area (Å²) < 4.78 is 17.3. The van der Waals surface area contributed by atoms with E-state index in [2.05, 4.69) is 30.4 Å². The van der Waals surface area contributed by atoms with Crippen molar-refractivity contribution in [2.24, 2.45) is 5.10 Å². The second-order valence-corrected chi connectivity index (χ2v) is 6.44. The maximum atomic E-state index is 10.9. The number of carbonyl (C=O) groups is 1. The molecule has 0 spiro atoms. The monoisotopic (exact) mass is 384 g/mol. The molecule has 150 valence electrons. The molecule has 0 saturated heterocycles. The van der Waals surface area contributed by atoms with Crippen molar-refractivity contribution >= 4 is 12.1 Å². The number of aryl methyl sites for hydroxylation is 2. The summed E-state index contributed by atoms with van der Waals surface area (Å²) in [4.78, 5) is 10.9. The Bertz CT molecular complexity index is 798. The van der Waals surface area contributed by atoms with Gasteiger partial charge in [-0.05, 0) is 67.8 Å². The number of rotatable bonds is 10. The summed E-state index contributed by atoms with van der Waals surface area (Å²) in [7, 11) is 0. The fourth-order valence-electron chi connectivity index (χ4n) is 2.64. The molecule has 2 aromatic carbocycles. The van der Waals surface area contributed by atoms with Crippen molar-refractivity contribution in [3.05, 3.63) is 53.1 Å². The minimum absolute atomic E-state index is 0.218. The van der Waals surface area contributed by atoms with Crippen molar-refractivity contribution in [2.45, 2.75) is 34.1 Å². The molecule has 1 amide bonds. The van der Waals surface area contributed by atoms with E-state index in [1.165, 1.54) is 18.1 Å². The summed E-state index contributed by atoms with van der Waals surface area (Å²) in [5, 5.41) is 3.86. The highest BCUT2D eigenvalue weighted by Crippen LogP contribution is 2.28. The molecular formula is C22H28N2O4. The van der Waals surface area contributed by atoms with Gasteiger partial charge in [-0.3, -0.25) is 4.79 Å². The Morgan fingerprint density at radius 2 is 1.71 bits per heavy atom. The van der Waals surface area contributed by atoms with Crippen molar-refractivity contribution in [3.8, 4) is 17.2 Å². The van der Waals surface area contributed by atoms with Gasteiger partial charge in [0.1, 0.15) is 5.75 Å². The number of carbonyl (C=O) groups excluding carboxylic acids is 1. The molecule has 28 heavy (non-hydrogen) atoms. The smallest absolute Gasteiger partial charge is 0.236 e. The third-order valence-electron chi connectivity index (χ3n) is 3.71.